The Hall–Kier alpha value is -1.30. The Balaban J connectivity index is 1.87. The Morgan fingerprint density at radius 1 is 1.47 bits per heavy atom. The van der Waals surface area contributed by atoms with Crippen molar-refractivity contribution < 1.29 is 10.3 Å². The summed E-state index contributed by atoms with van der Waals surface area (Å²) in [6, 6.07) is 5.31. The Kier molecular flexibility index (Phi) is 4.63. The number of benzene rings is 1. The van der Waals surface area contributed by atoms with Crippen LogP contribution >= 0.6 is 11.6 Å². The number of aliphatic hydroxyl groups excluding tert-OH is 1. The van der Waals surface area contributed by atoms with Crippen LogP contribution in [0.1, 0.15) is 24.0 Å². The van der Waals surface area contributed by atoms with Crippen molar-refractivity contribution in [1.82, 2.24) is 5.32 Å². The number of hydrogen-bond donors (Lipinski definition) is 4. The zero-order valence-corrected chi connectivity index (χ0v) is 11.3. The van der Waals surface area contributed by atoms with Gasteiger partial charge in [0.15, 0.2) is 5.84 Å². The van der Waals surface area contributed by atoms with Gasteiger partial charge in [0.25, 0.3) is 0 Å². The summed E-state index contributed by atoms with van der Waals surface area (Å²) in [5.74, 6) is 0.607. The number of hydrogen-bond acceptors (Lipinski definition) is 4. The van der Waals surface area contributed by atoms with E-state index >= 15 is 0 Å². The summed E-state index contributed by atoms with van der Waals surface area (Å²) in [5, 5.41) is 24.6. The molecule has 1 aliphatic rings. The van der Waals surface area contributed by atoms with Gasteiger partial charge in [0.05, 0.1) is 6.10 Å². The van der Waals surface area contributed by atoms with Crippen LogP contribution in [0.4, 0.5) is 0 Å². The average molecular weight is 284 g/mol. The molecule has 6 heteroatoms. The number of halogens is 1. The first kappa shape index (κ1) is 14.1. The van der Waals surface area contributed by atoms with E-state index in [1.165, 1.54) is 0 Å². The maximum atomic E-state index is 9.19. The molecule has 0 atom stereocenters. The summed E-state index contributed by atoms with van der Waals surface area (Å²) < 4.78 is 0. The van der Waals surface area contributed by atoms with Gasteiger partial charge in [0.2, 0.25) is 0 Å². The lowest BCUT2D eigenvalue weighted by atomic mass is 9.82. The van der Waals surface area contributed by atoms with Gasteiger partial charge >= 0.3 is 0 Å². The Morgan fingerprint density at radius 3 is 2.79 bits per heavy atom. The fourth-order valence-electron chi connectivity index (χ4n) is 2.19. The van der Waals surface area contributed by atoms with Crippen LogP contribution in [0.5, 0.6) is 0 Å². The molecule has 19 heavy (non-hydrogen) atoms. The fraction of sp³-hybridized carbons (Fsp3) is 0.462. The molecule has 0 bridgehead atoms. The number of nitrogens with one attached hydrogen (secondary N) is 1. The van der Waals surface area contributed by atoms with Gasteiger partial charge in [-0.25, -0.2) is 0 Å². The van der Waals surface area contributed by atoms with Gasteiger partial charge < -0.3 is 21.4 Å². The SMILES string of the molecule is N/C(=N/O)c1ccc(CNCC2CC(O)C2)c(Cl)c1. The van der Waals surface area contributed by atoms with Crippen LogP contribution < -0.4 is 11.1 Å². The highest BCUT2D eigenvalue weighted by Gasteiger charge is 2.26. The van der Waals surface area contributed by atoms with E-state index in [1.807, 2.05) is 6.07 Å². The summed E-state index contributed by atoms with van der Waals surface area (Å²) in [4.78, 5) is 0. The topological polar surface area (TPSA) is 90.9 Å². The lowest BCUT2D eigenvalue weighted by Gasteiger charge is -2.31. The molecule has 1 aromatic rings. The smallest absolute Gasteiger partial charge is 0.170 e. The van der Waals surface area contributed by atoms with Gasteiger partial charge in [-0.15, -0.1) is 0 Å². The lowest BCUT2D eigenvalue weighted by molar-refractivity contribution is 0.0430. The largest absolute Gasteiger partial charge is 0.409 e. The molecule has 1 fully saturated rings. The number of nitrogens with zero attached hydrogens (tertiary/aromatic N) is 1. The molecule has 1 aliphatic carbocycles. The highest BCUT2D eigenvalue weighted by atomic mass is 35.5. The van der Waals surface area contributed by atoms with Crippen LogP contribution in [-0.4, -0.2) is 28.8 Å². The second kappa shape index (κ2) is 6.23. The first-order valence-corrected chi connectivity index (χ1v) is 6.63. The van der Waals surface area contributed by atoms with Crippen molar-refractivity contribution in [2.24, 2.45) is 16.8 Å². The zero-order valence-electron chi connectivity index (χ0n) is 10.5. The molecule has 0 heterocycles. The van der Waals surface area contributed by atoms with Crippen molar-refractivity contribution in [1.29, 1.82) is 0 Å². The molecule has 0 aromatic heterocycles. The van der Waals surface area contributed by atoms with E-state index in [0.29, 0.717) is 23.0 Å². The Labute approximate surface area is 117 Å². The molecule has 104 valence electrons. The standard InChI is InChI=1S/C13H18ClN3O2/c14-12-5-9(13(15)17-19)1-2-10(12)7-16-6-8-3-11(18)4-8/h1-2,5,8,11,16,18-19H,3-4,6-7H2,(H2,15,17). The quantitative estimate of drug-likeness (QED) is 0.284. The van der Waals surface area contributed by atoms with Gasteiger partial charge in [0.1, 0.15) is 0 Å². The predicted octanol–water partition coefficient (Wildman–Crippen LogP) is 1.29. The monoisotopic (exact) mass is 283 g/mol. The normalized spacial score (nSPS) is 23.2. The third kappa shape index (κ3) is 3.59. The number of rotatable bonds is 5. The molecule has 0 radical (unpaired) electrons. The highest BCUT2D eigenvalue weighted by Crippen LogP contribution is 2.26. The van der Waals surface area contributed by atoms with E-state index in [9.17, 15) is 5.11 Å². The molecule has 5 N–H and O–H groups in total. The second-order valence-corrected chi connectivity index (χ2v) is 5.32. The number of amidine groups is 1. The van der Waals surface area contributed by atoms with Crippen molar-refractivity contribution in [3.63, 3.8) is 0 Å². The zero-order chi connectivity index (χ0) is 13.8. The van der Waals surface area contributed by atoms with Crippen LogP contribution in [0.15, 0.2) is 23.4 Å². The van der Waals surface area contributed by atoms with Crippen molar-refractivity contribution in [3.8, 4) is 0 Å². The Morgan fingerprint density at radius 2 is 2.21 bits per heavy atom. The van der Waals surface area contributed by atoms with Crippen molar-refractivity contribution in [3.05, 3.63) is 34.3 Å². The predicted molar refractivity (Wildman–Crippen MR) is 74.4 cm³/mol. The Bertz CT molecular complexity index is 473. The highest BCUT2D eigenvalue weighted by molar-refractivity contribution is 6.31. The van der Waals surface area contributed by atoms with Gasteiger partial charge in [-0.2, -0.15) is 0 Å². The molecule has 1 saturated carbocycles. The van der Waals surface area contributed by atoms with E-state index in [-0.39, 0.29) is 11.9 Å². The average Bonchev–Trinajstić information content (AvgIpc) is 2.37. The summed E-state index contributed by atoms with van der Waals surface area (Å²) in [6.07, 6.45) is 1.64. The van der Waals surface area contributed by atoms with Crippen LogP contribution in [0.25, 0.3) is 0 Å². The minimum atomic E-state index is -0.115. The fourth-order valence-corrected chi connectivity index (χ4v) is 2.43. The van der Waals surface area contributed by atoms with E-state index in [1.54, 1.807) is 12.1 Å². The summed E-state index contributed by atoms with van der Waals surface area (Å²) >= 11 is 6.14. The van der Waals surface area contributed by atoms with Gasteiger partial charge in [0, 0.05) is 17.1 Å². The molecule has 5 nitrogen and oxygen atoms in total. The minimum Gasteiger partial charge on any atom is -0.409 e. The van der Waals surface area contributed by atoms with E-state index in [4.69, 9.17) is 22.5 Å². The van der Waals surface area contributed by atoms with Gasteiger partial charge in [-0.05, 0) is 36.9 Å². The molecule has 0 spiro atoms. The molecule has 0 amide bonds. The van der Waals surface area contributed by atoms with Crippen molar-refractivity contribution in [2.75, 3.05) is 6.54 Å². The minimum absolute atomic E-state index is 0.0462. The van der Waals surface area contributed by atoms with Gasteiger partial charge in [-0.3, -0.25) is 0 Å². The van der Waals surface area contributed by atoms with E-state index in [0.717, 1.165) is 24.9 Å². The molecule has 0 saturated heterocycles. The third-order valence-corrected chi connectivity index (χ3v) is 3.77. The summed E-state index contributed by atoms with van der Waals surface area (Å²) in [5.41, 5.74) is 7.06. The maximum Gasteiger partial charge on any atom is 0.170 e. The maximum absolute atomic E-state index is 9.19. The number of aliphatic hydroxyl groups is 1. The summed E-state index contributed by atoms with van der Waals surface area (Å²) in [7, 11) is 0. The van der Waals surface area contributed by atoms with Crippen molar-refractivity contribution >= 4 is 17.4 Å². The second-order valence-electron chi connectivity index (χ2n) is 4.91. The van der Waals surface area contributed by atoms with E-state index < -0.39 is 0 Å². The van der Waals surface area contributed by atoms with Crippen LogP contribution in [0, 0.1) is 5.92 Å². The first-order valence-electron chi connectivity index (χ1n) is 6.25. The van der Waals surface area contributed by atoms with Crippen LogP contribution in [-0.2, 0) is 6.54 Å². The molecular formula is C13H18ClN3O2. The van der Waals surface area contributed by atoms with Gasteiger partial charge in [-0.1, -0.05) is 28.9 Å². The molecule has 1 aromatic carbocycles. The van der Waals surface area contributed by atoms with Crippen LogP contribution in [0.2, 0.25) is 5.02 Å². The number of nitrogens with two attached hydrogens (primary N) is 1. The van der Waals surface area contributed by atoms with Crippen LogP contribution in [0.3, 0.4) is 0 Å². The number of oxime groups is 1. The summed E-state index contributed by atoms with van der Waals surface area (Å²) in [6.45, 7) is 1.55. The third-order valence-electron chi connectivity index (χ3n) is 3.42. The molecule has 0 aliphatic heterocycles. The van der Waals surface area contributed by atoms with E-state index in [2.05, 4.69) is 10.5 Å². The molecule has 0 unspecified atom stereocenters. The molecule has 2 rings (SSSR count). The first-order chi connectivity index (χ1) is 9.10. The lowest BCUT2D eigenvalue weighted by Crippen LogP contribution is -2.35. The van der Waals surface area contributed by atoms with Crippen molar-refractivity contribution in [2.45, 2.75) is 25.5 Å². The molecular weight excluding hydrogens is 266 g/mol.